The van der Waals surface area contributed by atoms with Gasteiger partial charge in [0.2, 0.25) is 0 Å². The van der Waals surface area contributed by atoms with Crippen molar-refractivity contribution in [3.8, 4) is 5.75 Å². The van der Waals surface area contributed by atoms with Crippen molar-refractivity contribution in [2.75, 3.05) is 6.61 Å². The lowest BCUT2D eigenvalue weighted by Gasteiger charge is -2.12. The van der Waals surface area contributed by atoms with Gasteiger partial charge in [0.05, 0.1) is 0 Å². The van der Waals surface area contributed by atoms with Crippen LogP contribution in [0.2, 0.25) is 0 Å². The van der Waals surface area contributed by atoms with Crippen molar-refractivity contribution in [3.63, 3.8) is 0 Å². The third-order valence-electron chi connectivity index (χ3n) is 2.70. The fourth-order valence-electron chi connectivity index (χ4n) is 1.84. The van der Waals surface area contributed by atoms with Gasteiger partial charge in [-0.3, -0.25) is 0 Å². The van der Waals surface area contributed by atoms with Crippen molar-refractivity contribution in [2.45, 2.75) is 33.6 Å². The first kappa shape index (κ1) is 14.3. The molecule has 1 N–H and O–H groups in total. The predicted octanol–water partition coefficient (Wildman–Crippen LogP) is 3.53. The van der Waals surface area contributed by atoms with Gasteiger partial charge in [-0.25, -0.2) is 4.79 Å². The maximum Gasteiger partial charge on any atom is 0.328 e. The van der Waals surface area contributed by atoms with Crippen molar-refractivity contribution < 1.29 is 14.6 Å². The third kappa shape index (κ3) is 4.24. The number of benzene rings is 1. The third-order valence-corrected chi connectivity index (χ3v) is 2.70. The van der Waals surface area contributed by atoms with E-state index in [2.05, 4.69) is 26.8 Å². The second kappa shape index (κ2) is 6.24. The molecule has 0 bridgehead atoms. The van der Waals surface area contributed by atoms with Gasteiger partial charge in [0.25, 0.3) is 0 Å². The summed E-state index contributed by atoms with van der Waals surface area (Å²) in [5, 5.41) is 8.59. The van der Waals surface area contributed by atoms with E-state index in [1.807, 2.05) is 12.1 Å². The van der Waals surface area contributed by atoms with Crippen LogP contribution in [0.15, 0.2) is 29.8 Å². The zero-order valence-corrected chi connectivity index (χ0v) is 11.4. The van der Waals surface area contributed by atoms with E-state index in [9.17, 15) is 4.79 Å². The van der Waals surface area contributed by atoms with Crippen LogP contribution in [0.1, 0.15) is 37.8 Å². The highest BCUT2D eigenvalue weighted by molar-refractivity contribution is 5.80. The van der Waals surface area contributed by atoms with Gasteiger partial charge < -0.3 is 9.84 Å². The number of ether oxygens (including phenoxy) is 1. The molecule has 0 saturated carbocycles. The van der Waals surface area contributed by atoms with Crippen LogP contribution in [-0.4, -0.2) is 17.7 Å². The molecule has 0 heterocycles. The topological polar surface area (TPSA) is 46.5 Å². The highest BCUT2D eigenvalue weighted by Gasteiger charge is 2.05. The Kier molecular flexibility index (Phi) is 4.95. The molecule has 0 unspecified atom stereocenters. The molecule has 1 aromatic carbocycles. The number of aliphatic carboxylic acids is 1. The first-order valence-corrected chi connectivity index (χ1v) is 6.03. The number of carbonyl (C=O) groups is 1. The van der Waals surface area contributed by atoms with E-state index in [0.29, 0.717) is 18.1 Å². The lowest BCUT2D eigenvalue weighted by molar-refractivity contribution is -0.131. The Labute approximate surface area is 108 Å². The highest BCUT2D eigenvalue weighted by atomic mass is 16.5. The Hall–Kier alpha value is -1.77. The maximum absolute atomic E-state index is 10.5. The summed E-state index contributed by atoms with van der Waals surface area (Å²) in [7, 11) is 0. The molecule has 3 nitrogen and oxygen atoms in total. The summed E-state index contributed by atoms with van der Waals surface area (Å²) in [6.45, 7) is 8.41. The summed E-state index contributed by atoms with van der Waals surface area (Å²) in [6.07, 6.45) is 1.16. The second-order valence-corrected chi connectivity index (χ2v) is 4.79. The van der Waals surface area contributed by atoms with Crippen LogP contribution in [-0.2, 0) is 4.79 Å². The fourth-order valence-corrected chi connectivity index (χ4v) is 1.84. The van der Waals surface area contributed by atoms with E-state index in [4.69, 9.17) is 9.84 Å². The van der Waals surface area contributed by atoms with Gasteiger partial charge in [-0.2, -0.15) is 0 Å². The second-order valence-electron chi connectivity index (χ2n) is 4.79. The van der Waals surface area contributed by atoms with Crippen LogP contribution < -0.4 is 4.74 Å². The van der Waals surface area contributed by atoms with Gasteiger partial charge in [0.15, 0.2) is 0 Å². The molecule has 0 atom stereocenters. The van der Waals surface area contributed by atoms with E-state index in [0.717, 1.165) is 11.8 Å². The minimum absolute atomic E-state index is 0.298. The highest BCUT2D eigenvalue weighted by Crippen LogP contribution is 2.23. The van der Waals surface area contributed by atoms with Crippen molar-refractivity contribution in [3.05, 3.63) is 41.0 Å². The molecule has 0 fully saturated rings. The van der Waals surface area contributed by atoms with Gasteiger partial charge in [0, 0.05) is 6.08 Å². The molecular formula is C15H20O3. The molecule has 0 aromatic heterocycles. The van der Waals surface area contributed by atoms with Gasteiger partial charge in [-0.05, 0) is 48.6 Å². The van der Waals surface area contributed by atoms with Crippen molar-refractivity contribution in [1.29, 1.82) is 0 Å². The van der Waals surface area contributed by atoms with Crippen LogP contribution in [0, 0.1) is 6.92 Å². The van der Waals surface area contributed by atoms with Gasteiger partial charge in [-0.15, -0.1) is 0 Å². The van der Waals surface area contributed by atoms with Crippen molar-refractivity contribution >= 4 is 5.97 Å². The Balaban J connectivity index is 2.70. The Morgan fingerprint density at radius 2 is 2.11 bits per heavy atom. The van der Waals surface area contributed by atoms with Gasteiger partial charge in [-0.1, -0.05) is 19.9 Å². The predicted molar refractivity (Wildman–Crippen MR) is 72.2 cm³/mol. The number of rotatable bonds is 5. The van der Waals surface area contributed by atoms with Crippen LogP contribution in [0.4, 0.5) is 0 Å². The molecule has 1 rings (SSSR count). The summed E-state index contributed by atoms with van der Waals surface area (Å²) in [5.74, 6) is 0.324. The minimum atomic E-state index is -0.942. The molecule has 0 aliphatic rings. The number of carboxylic acids is 1. The lowest BCUT2D eigenvalue weighted by atomic mass is 9.98. The zero-order valence-electron chi connectivity index (χ0n) is 11.4. The van der Waals surface area contributed by atoms with Gasteiger partial charge in [0.1, 0.15) is 12.4 Å². The molecule has 0 aliphatic heterocycles. The summed E-state index contributed by atoms with van der Waals surface area (Å²) >= 11 is 0. The van der Waals surface area contributed by atoms with Gasteiger partial charge >= 0.3 is 5.97 Å². The summed E-state index contributed by atoms with van der Waals surface area (Å²) in [5.41, 5.74) is 3.19. The molecule has 0 amide bonds. The molecule has 0 radical (unpaired) electrons. The Morgan fingerprint density at radius 3 is 2.61 bits per heavy atom. The standard InChI is InChI=1S/C15H20O3/c1-10(2)14-6-5-13(8-12(14)4)18-9-11(3)7-15(16)17/h5-8,10H,9H2,1-4H3,(H,16,17). The largest absolute Gasteiger partial charge is 0.489 e. The van der Waals surface area contributed by atoms with E-state index in [1.165, 1.54) is 11.1 Å². The molecule has 98 valence electrons. The first-order chi connectivity index (χ1) is 8.40. The molecule has 3 heteroatoms. The number of carboxylic acid groups (broad SMARTS) is 1. The van der Waals surface area contributed by atoms with E-state index < -0.39 is 5.97 Å². The first-order valence-electron chi connectivity index (χ1n) is 6.03. The lowest BCUT2D eigenvalue weighted by Crippen LogP contribution is -2.02. The molecule has 0 spiro atoms. The SMILES string of the molecule is CC(=CC(=O)O)COc1ccc(C(C)C)c(C)c1. The summed E-state index contributed by atoms with van der Waals surface area (Å²) in [4.78, 5) is 10.5. The zero-order chi connectivity index (χ0) is 13.7. The Bertz CT molecular complexity index is 459. The summed E-state index contributed by atoms with van der Waals surface area (Å²) < 4.78 is 5.55. The summed E-state index contributed by atoms with van der Waals surface area (Å²) in [6, 6.07) is 5.98. The number of hydrogen-bond acceptors (Lipinski definition) is 2. The fraction of sp³-hybridized carbons (Fsp3) is 0.400. The van der Waals surface area contributed by atoms with Crippen LogP contribution in [0.5, 0.6) is 5.75 Å². The van der Waals surface area contributed by atoms with E-state index in [-0.39, 0.29) is 0 Å². The molecular weight excluding hydrogens is 228 g/mol. The van der Waals surface area contributed by atoms with Crippen molar-refractivity contribution in [2.24, 2.45) is 0 Å². The normalized spacial score (nSPS) is 11.7. The number of aryl methyl sites for hydroxylation is 1. The minimum Gasteiger partial charge on any atom is -0.489 e. The van der Waals surface area contributed by atoms with Crippen molar-refractivity contribution in [1.82, 2.24) is 0 Å². The monoisotopic (exact) mass is 248 g/mol. The molecule has 0 saturated heterocycles. The van der Waals surface area contributed by atoms with Crippen LogP contribution in [0.25, 0.3) is 0 Å². The maximum atomic E-state index is 10.5. The average molecular weight is 248 g/mol. The Morgan fingerprint density at radius 1 is 1.44 bits per heavy atom. The van der Waals surface area contributed by atoms with E-state index in [1.54, 1.807) is 6.92 Å². The average Bonchev–Trinajstić information content (AvgIpc) is 2.25. The number of hydrogen-bond donors (Lipinski definition) is 1. The van der Waals surface area contributed by atoms with E-state index >= 15 is 0 Å². The molecule has 0 aliphatic carbocycles. The van der Waals surface area contributed by atoms with Crippen LogP contribution >= 0.6 is 0 Å². The smallest absolute Gasteiger partial charge is 0.328 e. The molecule has 18 heavy (non-hydrogen) atoms. The quantitative estimate of drug-likeness (QED) is 0.811. The molecule has 1 aromatic rings. The van der Waals surface area contributed by atoms with Crippen LogP contribution in [0.3, 0.4) is 0 Å².